The first-order chi connectivity index (χ1) is 11.1. The molecule has 1 N–H and O–H groups in total. The normalized spacial score (nSPS) is 12.6. The van der Waals surface area contributed by atoms with Crippen LogP contribution < -0.4 is 5.32 Å². The molecule has 1 aromatic carbocycles. The molecule has 0 radical (unpaired) electrons. The van der Waals surface area contributed by atoms with Crippen LogP contribution in [0.3, 0.4) is 0 Å². The van der Waals surface area contributed by atoms with Gasteiger partial charge >= 0.3 is 0 Å². The second kappa shape index (κ2) is 8.72. The molecule has 0 saturated heterocycles. The van der Waals surface area contributed by atoms with Crippen molar-refractivity contribution in [2.45, 2.75) is 65.6 Å². The Morgan fingerprint density at radius 2 is 1.83 bits per heavy atom. The Morgan fingerprint density at radius 3 is 2.29 bits per heavy atom. The highest BCUT2D eigenvalue weighted by molar-refractivity contribution is 6.35. The van der Waals surface area contributed by atoms with Crippen molar-refractivity contribution in [3.05, 3.63) is 33.8 Å². The van der Waals surface area contributed by atoms with Gasteiger partial charge in [-0.05, 0) is 44.9 Å². The van der Waals surface area contributed by atoms with Gasteiger partial charge in [0.25, 0.3) is 0 Å². The van der Waals surface area contributed by atoms with Crippen LogP contribution in [0.2, 0.25) is 10.0 Å². The predicted octanol–water partition coefficient (Wildman–Crippen LogP) is 4.43. The summed E-state index contributed by atoms with van der Waals surface area (Å²) in [6.45, 7) is 9.71. The summed E-state index contributed by atoms with van der Waals surface area (Å²) in [6, 6.07) is 4.62. The lowest BCUT2D eigenvalue weighted by molar-refractivity contribution is -0.141. The molecule has 0 aliphatic rings. The molecule has 24 heavy (non-hydrogen) atoms. The van der Waals surface area contributed by atoms with E-state index >= 15 is 0 Å². The number of hydrogen-bond donors (Lipinski definition) is 1. The molecule has 1 aromatic rings. The van der Waals surface area contributed by atoms with Crippen LogP contribution in [0.5, 0.6) is 0 Å². The standard InChI is InChI=1S/C18H26Cl2N2O2/c1-6-15(17(24)21-18(3,4)5)22(16(23)7-2)11-12-8-9-13(19)10-14(12)20/h8-10,15H,6-7,11H2,1-5H3,(H,21,24)/t15-/m1/s1. The first-order valence-corrected chi connectivity index (χ1v) is 8.90. The Balaban J connectivity index is 3.10. The molecule has 1 rings (SSSR count). The Bertz CT molecular complexity index is 597. The molecule has 2 amide bonds. The minimum Gasteiger partial charge on any atom is -0.350 e. The number of benzene rings is 1. The van der Waals surface area contributed by atoms with Crippen molar-refractivity contribution in [1.29, 1.82) is 0 Å². The number of nitrogens with zero attached hydrogens (tertiary/aromatic N) is 1. The zero-order valence-electron chi connectivity index (χ0n) is 15.0. The highest BCUT2D eigenvalue weighted by Gasteiger charge is 2.30. The van der Waals surface area contributed by atoms with E-state index in [1.165, 1.54) is 0 Å². The number of nitrogens with one attached hydrogen (secondary N) is 1. The second-order valence-electron chi connectivity index (χ2n) is 6.77. The summed E-state index contributed by atoms with van der Waals surface area (Å²) in [6.07, 6.45) is 0.851. The van der Waals surface area contributed by atoms with Crippen LogP contribution in [0.4, 0.5) is 0 Å². The summed E-state index contributed by atoms with van der Waals surface area (Å²) in [5.41, 5.74) is 0.411. The maximum absolute atomic E-state index is 12.6. The third kappa shape index (κ3) is 5.99. The Labute approximate surface area is 154 Å². The topological polar surface area (TPSA) is 49.4 Å². The fourth-order valence-corrected chi connectivity index (χ4v) is 2.88. The largest absolute Gasteiger partial charge is 0.350 e. The molecule has 0 aliphatic carbocycles. The number of hydrogen-bond acceptors (Lipinski definition) is 2. The summed E-state index contributed by atoms with van der Waals surface area (Å²) >= 11 is 12.2. The number of carbonyl (C=O) groups is 2. The van der Waals surface area contributed by atoms with Crippen molar-refractivity contribution in [3.63, 3.8) is 0 Å². The van der Waals surface area contributed by atoms with Crippen LogP contribution in [0.1, 0.15) is 53.0 Å². The zero-order chi connectivity index (χ0) is 18.5. The number of rotatable bonds is 6. The summed E-state index contributed by atoms with van der Waals surface area (Å²) in [5.74, 6) is -0.242. The highest BCUT2D eigenvalue weighted by Crippen LogP contribution is 2.24. The second-order valence-corrected chi connectivity index (χ2v) is 7.62. The summed E-state index contributed by atoms with van der Waals surface area (Å²) in [7, 11) is 0. The number of amides is 2. The van der Waals surface area contributed by atoms with Gasteiger partial charge in [0.1, 0.15) is 6.04 Å². The first-order valence-electron chi connectivity index (χ1n) is 8.14. The molecule has 0 saturated carbocycles. The third-order valence-electron chi connectivity index (χ3n) is 3.54. The number of carbonyl (C=O) groups excluding carboxylic acids is 2. The predicted molar refractivity (Wildman–Crippen MR) is 99.3 cm³/mol. The third-order valence-corrected chi connectivity index (χ3v) is 4.13. The summed E-state index contributed by atoms with van der Waals surface area (Å²) < 4.78 is 0. The van der Waals surface area contributed by atoms with Crippen LogP contribution in [-0.4, -0.2) is 28.3 Å². The van der Waals surface area contributed by atoms with E-state index < -0.39 is 6.04 Å². The molecular formula is C18H26Cl2N2O2. The maximum Gasteiger partial charge on any atom is 0.243 e. The molecule has 0 aromatic heterocycles. The number of halogens is 2. The molecule has 0 bridgehead atoms. The van der Waals surface area contributed by atoms with Gasteiger partial charge in [0.05, 0.1) is 0 Å². The van der Waals surface area contributed by atoms with Crippen LogP contribution in [0.25, 0.3) is 0 Å². The van der Waals surface area contributed by atoms with Gasteiger partial charge in [-0.25, -0.2) is 0 Å². The van der Waals surface area contributed by atoms with E-state index in [0.29, 0.717) is 22.9 Å². The van der Waals surface area contributed by atoms with E-state index in [-0.39, 0.29) is 23.9 Å². The van der Waals surface area contributed by atoms with Gasteiger partial charge in [-0.15, -0.1) is 0 Å². The molecule has 0 heterocycles. The first kappa shape index (κ1) is 20.8. The van der Waals surface area contributed by atoms with Crippen molar-refractivity contribution >= 4 is 35.0 Å². The van der Waals surface area contributed by atoms with Gasteiger partial charge < -0.3 is 10.2 Å². The Hall–Kier alpha value is -1.26. The van der Waals surface area contributed by atoms with Gasteiger partial charge in [-0.3, -0.25) is 9.59 Å². The molecule has 134 valence electrons. The Kier molecular flexibility index (Phi) is 7.56. The van der Waals surface area contributed by atoms with Gasteiger partial charge in [0.2, 0.25) is 11.8 Å². The van der Waals surface area contributed by atoms with E-state index in [2.05, 4.69) is 5.32 Å². The van der Waals surface area contributed by atoms with E-state index in [1.54, 1.807) is 30.0 Å². The highest BCUT2D eigenvalue weighted by atomic mass is 35.5. The summed E-state index contributed by atoms with van der Waals surface area (Å²) in [4.78, 5) is 26.7. The lowest BCUT2D eigenvalue weighted by Gasteiger charge is -2.33. The molecule has 0 unspecified atom stereocenters. The molecule has 4 nitrogen and oxygen atoms in total. The van der Waals surface area contributed by atoms with E-state index in [9.17, 15) is 9.59 Å². The van der Waals surface area contributed by atoms with E-state index in [0.717, 1.165) is 5.56 Å². The quantitative estimate of drug-likeness (QED) is 0.802. The van der Waals surface area contributed by atoms with Crippen LogP contribution in [0.15, 0.2) is 18.2 Å². The molecular weight excluding hydrogens is 347 g/mol. The monoisotopic (exact) mass is 372 g/mol. The fraction of sp³-hybridized carbons (Fsp3) is 0.556. The van der Waals surface area contributed by atoms with Crippen molar-refractivity contribution in [2.24, 2.45) is 0 Å². The average Bonchev–Trinajstić information content (AvgIpc) is 2.46. The van der Waals surface area contributed by atoms with Crippen molar-refractivity contribution in [1.82, 2.24) is 10.2 Å². The van der Waals surface area contributed by atoms with Gasteiger partial charge in [0, 0.05) is 28.5 Å². The smallest absolute Gasteiger partial charge is 0.243 e. The maximum atomic E-state index is 12.6. The van der Waals surface area contributed by atoms with Crippen molar-refractivity contribution in [2.75, 3.05) is 0 Å². The molecule has 0 spiro atoms. The molecule has 0 fully saturated rings. The minimum atomic E-state index is -0.539. The SMILES string of the molecule is CCC(=O)N(Cc1ccc(Cl)cc1Cl)[C@H](CC)C(=O)NC(C)(C)C. The van der Waals surface area contributed by atoms with Gasteiger partial charge in [-0.2, -0.15) is 0 Å². The van der Waals surface area contributed by atoms with E-state index in [1.807, 2.05) is 27.7 Å². The van der Waals surface area contributed by atoms with Gasteiger partial charge in [-0.1, -0.05) is 43.1 Å². The van der Waals surface area contributed by atoms with Crippen LogP contribution in [-0.2, 0) is 16.1 Å². The van der Waals surface area contributed by atoms with Crippen LogP contribution in [0, 0.1) is 0 Å². The van der Waals surface area contributed by atoms with Crippen molar-refractivity contribution in [3.8, 4) is 0 Å². The lowest BCUT2D eigenvalue weighted by atomic mass is 10.1. The molecule has 6 heteroatoms. The fourth-order valence-electron chi connectivity index (χ4n) is 2.41. The van der Waals surface area contributed by atoms with E-state index in [4.69, 9.17) is 23.2 Å². The molecule has 1 atom stereocenters. The average molecular weight is 373 g/mol. The Morgan fingerprint density at radius 1 is 1.21 bits per heavy atom. The lowest BCUT2D eigenvalue weighted by Crippen LogP contribution is -2.53. The summed E-state index contributed by atoms with van der Waals surface area (Å²) in [5, 5.41) is 3.98. The van der Waals surface area contributed by atoms with Crippen molar-refractivity contribution < 1.29 is 9.59 Å². The van der Waals surface area contributed by atoms with Gasteiger partial charge in [0.15, 0.2) is 0 Å². The zero-order valence-corrected chi connectivity index (χ0v) is 16.5. The minimum absolute atomic E-state index is 0.0862. The van der Waals surface area contributed by atoms with Crippen LogP contribution >= 0.6 is 23.2 Å². The molecule has 0 aliphatic heterocycles.